The van der Waals surface area contributed by atoms with Gasteiger partial charge in [-0.2, -0.15) is 0 Å². The van der Waals surface area contributed by atoms with E-state index in [9.17, 15) is 5.11 Å². The Morgan fingerprint density at radius 1 is 1.16 bits per heavy atom. The zero-order chi connectivity index (χ0) is 14.7. The van der Waals surface area contributed by atoms with Crippen molar-refractivity contribution in [3.8, 4) is 0 Å². The maximum absolute atomic E-state index is 9.74. The van der Waals surface area contributed by atoms with E-state index in [-0.39, 0.29) is 6.10 Å². The van der Waals surface area contributed by atoms with Crippen molar-refractivity contribution in [3.63, 3.8) is 0 Å². The van der Waals surface area contributed by atoms with Gasteiger partial charge in [-0.3, -0.25) is 0 Å². The summed E-state index contributed by atoms with van der Waals surface area (Å²) in [6.45, 7) is 15.0. The molecule has 0 aromatic carbocycles. The lowest BCUT2D eigenvalue weighted by Gasteiger charge is -2.21. The van der Waals surface area contributed by atoms with Gasteiger partial charge >= 0.3 is 0 Å². The van der Waals surface area contributed by atoms with Gasteiger partial charge in [0.05, 0.1) is 18.8 Å². The van der Waals surface area contributed by atoms with Crippen molar-refractivity contribution in [1.82, 2.24) is 10.2 Å². The number of nitrogens with one attached hydrogen (secondary N) is 1. The predicted molar refractivity (Wildman–Crippen MR) is 81.6 cm³/mol. The van der Waals surface area contributed by atoms with Gasteiger partial charge in [-0.05, 0) is 53.2 Å². The van der Waals surface area contributed by atoms with Crippen LogP contribution in [-0.4, -0.2) is 61.0 Å². The maximum Gasteiger partial charge on any atom is 0.0897 e. The maximum atomic E-state index is 9.74. The van der Waals surface area contributed by atoms with Crippen molar-refractivity contribution < 1.29 is 9.84 Å². The smallest absolute Gasteiger partial charge is 0.0897 e. The van der Waals surface area contributed by atoms with Gasteiger partial charge in [0.2, 0.25) is 0 Å². The summed E-state index contributed by atoms with van der Waals surface area (Å²) in [5.74, 6) is 0. The SMILES string of the molecule is CCN(CC)CCCC(C)NCC(O)COC(C)C. The summed E-state index contributed by atoms with van der Waals surface area (Å²) in [6.07, 6.45) is 2.12. The van der Waals surface area contributed by atoms with Crippen LogP contribution in [0.2, 0.25) is 0 Å². The van der Waals surface area contributed by atoms with Crippen molar-refractivity contribution in [1.29, 1.82) is 0 Å². The average molecular weight is 274 g/mol. The van der Waals surface area contributed by atoms with E-state index in [0.29, 0.717) is 19.2 Å². The number of rotatable bonds is 12. The van der Waals surface area contributed by atoms with Crippen molar-refractivity contribution in [3.05, 3.63) is 0 Å². The zero-order valence-corrected chi connectivity index (χ0v) is 13.5. The van der Waals surface area contributed by atoms with Crippen molar-refractivity contribution in [2.75, 3.05) is 32.8 Å². The molecule has 0 aromatic rings. The molecule has 0 aromatic heterocycles. The Hall–Kier alpha value is -0.160. The van der Waals surface area contributed by atoms with Gasteiger partial charge in [-0.15, -0.1) is 0 Å². The van der Waals surface area contributed by atoms with Crippen LogP contribution in [0.4, 0.5) is 0 Å². The summed E-state index contributed by atoms with van der Waals surface area (Å²) in [6, 6.07) is 0.448. The first-order chi connectivity index (χ1) is 8.99. The molecule has 0 heterocycles. The lowest BCUT2D eigenvalue weighted by atomic mass is 10.1. The van der Waals surface area contributed by atoms with Crippen LogP contribution in [0.15, 0.2) is 0 Å². The standard InChI is InChI=1S/C15H34N2O2/c1-6-17(7-2)10-8-9-14(5)16-11-15(18)12-19-13(3)4/h13-16,18H,6-12H2,1-5H3. The molecule has 0 fully saturated rings. The van der Waals surface area contributed by atoms with Crippen LogP contribution in [0.5, 0.6) is 0 Å². The quantitative estimate of drug-likeness (QED) is 0.570. The first-order valence-electron chi connectivity index (χ1n) is 7.74. The van der Waals surface area contributed by atoms with E-state index >= 15 is 0 Å². The second-order valence-electron chi connectivity index (χ2n) is 5.51. The molecule has 0 aliphatic rings. The Bertz CT molecular complexity index is 197. The molecule has 0 saturated heterocycles. The highest BCUT2D eigenvalue weighted by molar-refractivity contribution is 4.66. The minimum absolute atomic E-state index is 0.182. The molecule has 0 spiro atoms. The Labute approximate surface area is 119 Å². The van der Waals surface area contributed by atoms with E-state index in [1.54, 1.807) is 0 Å². The third-order valence-corrected chi connectivity index (χ3v) is 3.33. The molecule has 0 radical (unpaired) electrons. The molecule has 4 nitrogen and oxygen atoms in total. The number of ether oxygens (including phenoxy) is 1. The van der Waals surface area contributed by atoms with Crippen molar-refractivity contribution >= 4 is 0 Å². The molecule has 0 aliphatic heterocycles. The van der Waals surface area contributed by atoms with E-state index in [1.165, 1.54) is 6.42 Å². The highest BCUT2D eigenvalue weighted by Gasteiger charge is 2.08. The molecular formula is C15H34N2O2. The van der Waals surface area contributed by atoms with Gasteiger partial charge in [0.1, 0.15) is 0 Å². The first kappa shape index (κ1) is 18.8. The van der Waals surface area contributed by atoms with Gasteiger partial charge in [0.25, 0.3) is 0 Å². The Morgan fingerprint density at radius 2 is 1.79 bits per heavy atom. The highest BCUT2D eigenvalue weighted by atomic mass is 16.5. The second-order valence-corrected chi connectivity index (χ2v) is 5.51. The molecule has 4 heteroatoms. The molecule has 0 rings (SSSR count). The molecule has 0 saturated carbocycles. The molecular weight excluding hydrogens is 240 g/mol. The van der Waals surface area contributed by atoms with Gasteiger partial charge < -0.3 is 20.1 Å². The summed E-state index contributed by atoms with van der Waals surface area (Å²) >= 11 is 0. The monoisotopic (exact) mass is 274 g/mol. The fourth-order valence-electron chi connectivity index (χ4n) is 1.96. The average Bonchev–Trinajstić information content (AvgIpc) is 2.39. The summed E-state index contributed by atoms with van der Waals surface area (Å²) < 4.78 is 5.38. The molecule has 2 unspecified atom stereocenters. The first-order valence-corrected chi connectivity index (χ1v) is 7.74. The lowest BCUT2D eigenvalue weighted by molar-refractivity contribution is 0.00551. The Morgan fingerprint density at radius 3 is 2.32 bits per heavy atom. The fourth-order valence-corrected chi connectivity index (χ4v) is 1.96. The van der Waals surface area contributed by atoms with E-state index in [0.717, 1.165) is 26.1 Å². The third kappa shape index (κ3) is 11.4. The predicted octanol–water partition coefficient (Wildman–Crippen LogP) is 1.87. The second kappa shape index (κ2) is 11.6. The highest BCUT2D eigenvalue weighted by Crippen LogP contribution is 2.00. The summed E-state index contributed by atoms with van der Waals surface area (Å²) in [7, 11) is 0. The Kier molecular flexibility index (Phi) is 11.6. The van der Waals surface area contributed by atoms with E-state index in [4.69, 9.17) is 4.74 Å². The molecule has 0 aliphatic carbocycles. The normalized spacial score (nSPS) is 15.2. The van der Waals surface area contributed by atoms with Crippen molar-refractivity contribution in [2.45, 2.75) is 65.7 Å². The number of nitrogens with zero attached hydrogens (tertiary/aromatic N) is 1. The molecule has 2 N–H and O–H groups in total. The minimum atomic E-state index is -0.410. The summed E-state index contributed by atoms with van der Waals surface area (Å²) in [5, 5.41) is 13.1. The van der Waals surface area contributed by atoms with E-state index in [2.05, 4.69) is 31.0 Å². The topological polar surface area (TPSA) is 44.7 Å². The van der Waals surface area contributed by atoms with Crippen LogP contribution in [0.3, 0.4) is 0 Å². The number of hydrogen-bond donors (Lipinski definition) is 2. The van der Waals surface area contributed by atoms with Crippen LogP contribution < -0.4 is 5.32 Å². The van der Waals surface area contributed by atoms with Gasteiger partial charge in [-0.25, -0.2) is 0 Å². The zero-order valence-electron chi connectivity index (χ0n) is 13.5. The number of aliphatic hydroxyl groups excluding tert-OH is 1. The van der Waals surface area contributed by atoms with Crippen LogP contribution in [0, 0.1) is 0 Å². The van der Waals surface area contributed by atoms with Crippen LogP contribution in [0.1, 0.15) is 47.5 Å². The van der Waals surface area contributed by atoms with Gasteiger partial charge in [0, 0.05) is 12.6 Å². The molecule has 19 heavy (non-hydrogen) atoms. The van der Waals surface area contributed by atoms with Crippen LogP contribution in [0.25, 0.3) is 0 Å². The lowest BCUT2D eigenvalue weighted by Crippen LogP contribution is -2.37. The Balaban J connectivity index is 3.55. The van der Waals surface area contributed by atoms with E-state index in [1.807, 2.05) is 13.8 Å². The van der Waals surface area contributed by atoms with Crippen LogP contribution >= 0.6 is 0 Å². The van der Waals surface area contributed by atoms with E-state index < -0.39 is 6.10 Å². The largest absolute Gasteiger partial charge is 0.389 e. The summed E-state index contributed by atoms with van der Waals surface area (Å²) in [4.78, 5) is 2.44. The molecule has 0 bridgehead atoms. The van der Waals surface area contributed by atoms with Crippen molar-refractivity contribution in [2.24, 2.45) is 0 Å². The van der Waals surface area contributed by atoms with Gasteiger partial charge in [0.15, 0.2) is 0 Å². The van der Waals surface area contributed by atoms with Crippen LogP contribution in [-0.2, 0) is 4.74 Å². The molecule has 0 amide bonds. The number of hydrogen-bond acceptors (Lipinski definition) is 4. The number of aliphatic hydroxyl groups is 1. The molecule has 2 atom stereocenters. The fraction of sp³-hybridized carbons (Fsp3) is 1.00. The minimum Gasteiger partial charge on any atom is -0.389 e. The molecule has 116 valence electrons. The van der Waals surface area contributed by atoms with Gasteiger partial charge in [-0.1, -0.05) is 13.8 Å². The third-order valence-electron chi connectivity index (χ3n) is 3.33. The summed E-state index contributed by atoms with van der Waals surface area (Å²) in [5.41, 5.74) is 0.